The Hall–Kier alpha value is -1.40. The predicted molar refractivity (Wildman–Crippen MR) is 76.5 cm³/mol. The Labute approximate surface area is 119 Å². The Bertz CT molecular complexity index is 427. The number of hydrogen-bond donors (Lipinski definition) is 2. The summed E-state index contributed by atoms with van der Waals surface area (Å²) in [6.45, 7) is 6.07. The molecule has 3 heterocycles. The smallest absolute Gasteiger partial charge is 0.236 e. The van der Waals surface area contributed by atoms with Crippen molar-refractivity contribution in [1.82, 2.24) is 25.3 Å². The molecule has 1 aromatic rings. The van der Waals surface area contributed by atoms with Crippen molar-refractivity contribution >= 4 is 5.91 Å². The van der Waals surface area contributed by atoms with E-state index in [1.54, 1.807) is 6.20 Å². The second-order valence-electron chi connectivity index (χ2n) is 5.72. The first-order chi connectivity index (χ1) is 9.83. The lowest BCUT2D eigenvalue weighted by atomic mass is 9.95. The van der Waals surface area contributed by atoms with Crippen LogP contribution < -0.4 is 5.32 Å². The van der Waals surface area contributed by atoms with Crippen molar-refractivity contribution < 1.29 is 4.79 Å². The first kappa shape index (κ1) is 13.6. The van der Waals surface area contributed by atoms with Crippen molar-refractivity contribution in [1.29, 1.82) is 0 Å². The molecule has 0 aliphatic carbocycles. The molecule has 2 aliphatic rings. The Morgan fingerprint density at radius 3 is 2.95 bits per heavy atom. The van der Waals surface area contributed by atoms with Gasteiger partial charge in [-0.3, -0.25) is 14.8 Å². The third-order valence-corrected chi connectivity index (χ3v) is 4.30. The van der Waals surface area contributed by atoms with Crippen LogP contribution in [0.2, 0.25) is 0 Å². The molecule has 1 aromatic heterocycles. The van der Waals surface area contributed by atoms with Gasteiger partial charge in [-0.25, -0.2) is 0 Å². The zero-order valence-electron chi connectivity index (χ0n) is 11.8. The SMILES string of the molecule is O=C(CN1CCC[C@H](c2ccn[nH]2)C1)N1CCNCC1. The molecule has 0 saturated carbocycles. The van der Waals surface area contributed by atoms with Crippen LogP contribution in [0.5, 0.6) is 0 Å². The number of carbonyl (C=O) groups excluding carboxylic acids is 1. The zero-order chi connectivity index (χ0) is 13.8. The number of piperazine rings is 1. The zero-order valence-corrected chi connectivity index (χ0v) is 11.8. The van der Waals surface area contributed by atoms with Gasteiger partial charge in [0, 0.05) is 50.5 Å². The van der Waals surface area contributed by atoms with Gasteiger partial charge in [-0.15, -0.1) is 0 Å². The summed E-state index contributed by atoms with van der Waals surface area (Å²) in [7, 11) is 0. The molecule has 20 heavy (non-hydrogen) atoms. The maximum absolute atomic E-state index is 12.3. The predicted octanol–water partition coefficient (Wildman–Crippen LogP) is 0.0209. The highest BCUT2D eigenvalue weighted by Gasteiger charge is 2.25. The number of rotatable bonds is 3. The van der Waals surface area contributed by atoms with Crippen LogP contribution in [-0.4, -0.2) is 71.7 Å². The van der Waals surface area contributed by atoms with E-state index in [-0.39, 0.29) is 5.91 Å². The monoisotopic (exact) mass is 277 g/mol. The summed E-state index contributed by atoms with van der Waals surface area (Å²) in [6, 6.07) is 2.05. The number of aromatic amines is 1. The van der Waals surface area contributed by atoms with Crippen molar-refractivity contribution in [3.8, 4) is 0 Å². The quantitative estimate of drug-likeness (QED) is 0.817. The van der Waals surface area contributed by atoms with Gasteiger partial charge in [0.2, 0.25) is 5.91 Å². The lowest BCUT2D eigenvalue weighted by molar-refractivity contribution is -0.133. The number of piperidine rings is 1. The van der Waals surface area contributed by atoms with Crippen molar-refractivity contribution in [3.63, 3.8) is 0 Å². The van der Waals surface area contributed by atoms with E-state index < -0.39 is 0 Å². The van der Waals surface area contributed by atoms with Crippen molar-refractivity contribution in [2.75, 3.05) is 45.8 Å². The van der Waals surface area contributed by atoms with Crippen LogP contribution in [0.4, 0.5) is 0 Å². The largest absolute Gasteiger partial charge is 0.339 e. The lowest BCUT2D eigenvalue weighted by Crippen LogP contribution is -2.50. The van der Waals surface area contributed by atoms with Crippen LogP contribution in [0.15, 0.2) is 12.3 Å². The third kappa shape index (κ3) is 3.19. The maximum Gasteiger partial charge on any atom is 0.236 e. The molecule has 2 fully saturated rings. The molecule has 2 N–H and O–H groups in total. The minimum Gasteiger partial charge on any atom is -0.339 e. The van der Waals surface area contributed by atoms with E-state index >= 15 is 0 Å². The summed E-state index contributed by atoms with van der Waals surface area (Å²) in [4.78, 5) is 16.6. The third-order valence-electron chi connectivity index (χ3n) is 4.30. The van der Waals surface area contributed by atoms with Gasteiger partial charge in [-0.1, -0.05) is 0 Å². The van der Waals surface area contributed by atoms with Gasteiger partial charge in [0.05, 0.1) is 6.54 Å². The molecule has 2 saturated heterocycles. The molecule has 2 aliphatic heterocycles. The van der Waals surface area contributed by atoms with E-state index in [2.05, 4.69) is 20.4 Å². The lowest BCUT2D eigenvalue weighted by Gasteiger charge is -2.34. The number of nitrogens with zero attached hydrogens (tertiary/aromatic N) is 3. The summed E-state index contributed by atoms with van der Waals surface area (Å²) in [5.74, 6) is 0.763. The first-order valence-corrected chi connectivity index (χ1v) is 7.53. The summed E-state index contributed by atoms with van der Waals surface area (Å²) < 4.78 is 0. The van der Waals surface area contributed by atoms with Crippen LogP contribution in [0.1, 0.15) is 24.5 Å². The molecule has 3 rings (SSSR count). The maximum atomic E-state index is 12.3. The highest BCUT2D eigenvalue weighted by atomic mass is 16.2. The van der Waals surface area contributed by atoms with E-state index in [0.717, 1.165) is 45.7 Å². The van der Waals surface area contributed by atoms with Gasteiger partial charge in [-0.05, 0) is 25.5 Å². The number of likely N-dealkylation sites (tertiary alicyclic amines) is 1. The van der Waals surface area contributed by atoms with Crippen LogP contribution in [0.25, 0.3) is 0 Å². The number of hydrogen-bond acceptors (Lipinski definition) is 4. The fraction of sp³-hybridized carbons (Fsp3) is 0.714. The average molecular weight is 277 g/mol. The van der Waals surface area contributed by atoms with Crippen molar-refractivity contribution in [3.05, 3.63) is 18.0 Å². The minimum atomic E-state index is 0.275. The summed E-state index contributed by atoms with van der Waals surface area (Å²) in [5, 5.41) is 10.4. The van der Waals surface area contributed by atoms with Crippen LogP contribution in [0.3, 0.4) is 0 Å². The number of nitrogens with one attached hydrogen (secondary N) is 2. The van der Waals surface area contributed by atoms with Gasteiger partial charge < -0.3 is 10.2 Å². The standard InChI is InChI=1S/C14H23N5O/c20-14(19-8-5-15-6-9-19)11-18-7-1-2-12(10-18)13-3-4-16-17-13/h3-4,12,15H,1-2,5-11H2,(H,16,17)/t12-/m0/s1. The van der Waals surface area contributed by atoms with E-state index in [1.807, 2.05) is 11.0 Å². The fourth-order valence-corrected chi connectivity index (χ4v) is 3.15. The fourth-order valence-electron chi connectivity index (χ4n) is 3.15. The summed E-state index contributed by atoms with van der Waals surface area (Å²) in [5.41, 5.74) is 1.20. The van der Waals surface area contributed by atoms with E-state index in [4.69, 9.17) is 0 Å². The Morgan fingerprint density at radius 1 is 1.35 bits per heavy atom. The van der Waals surface area contributed by atoms with Crippen LogP contribution in [-0.2, 0) is 4.79 Å². The molecule has 1 atom stereocenters. The summed E-state index contributed by atoms with van der Waals surface area (Å²) in [6.07, 6.45) is 4.14. The second kappa shape index (κ2) is 6.37. The Kier molecular flexibility index (Phi) is 4.32. The van der Waals surface area contributed by atoms with Gasteiger partial charge in [0.25, 0.3) is 0 Å². The highest BCUT2D eigenvalue weighted by molar-refractivity contribution is 5.78. The molecule has 6 heteroatoms. The minimum absolute atomic E-state index is 0.275. The molecule has 0 spiro atoms. The number of carbonyl (C=O) groups is 1. The first-order valence-electron chi connectivity index (χ1n) is 7.53. The molecular formula is C14H23N5O. The number of aromatic nitrogens is 2. The summed E-state index contributed by atoms with van der Waals surface area (Å²) >= 11 is 0. The van der Waals surface area contributed by atoms with E-state index in [0.29, 0.717) is 12.5 Å². The molecular weight excluding hydrogens is 254 g/mol. The Morgan fingerprint density at radius 2 is 2.20 bits per heavy atom. The van der Waals surface area contributed by atoms with E-state index in [9.17, 15) is 4.79 Å². The van der Waals surface area contributed by atoms with Crippen LogP contribution in [0, 0.1) is 0 Å². The van der Waals surface area contributed by atoms with Gasteiger partial charge in [-0.2, -0.15) is 5.10 Å². The molecule has 6 nitrogen and oxygen atoms in total. The normalized spacial score (nSPS) is 24.8. The number of H-pyrrole nitrogens is 1. The average Bonchev–Trinajstić information content (AvgIpc) is 3.03. The van der Waals surface area contributed by atoms with Gasteiger partial charge in [0.15, 0.2) is 0 Å². The molecule has 0 radical (unpaired) electrons. The van der Waals surface area contributed by atoms with Gasteiger partial charge >= 0.3 is 0 Å². The molecule has 110 valence electrons. The molecule has 1 amide bonds. The molecule has 0 unspecified atom stereocenters. The molecule has 0 bridgehead atoms. The van der Waals surface area contributed by atoms with Gasteiger partial charge in [0.1, 0.15) is 0 Å². The van der Waals surface area contributed by atoms with Crippen molar-refractivity contribution in [2.24, 2.45) is 0 Å². The van der Waals surface area contributed by atoms with Crippen LogP contribution >= 0.6 is 0 Å². The number of amides is 1. The highest BCUT2D eigenvalue weighted by Crippen LogP contribution is 2.25. The van der Waals surface area contributed by atoms with Crippen molar-refractivity contribution in [2.45, 2.75) is 18.8 Å². The molecule has 0 aromatic carbocycles. The topological polar surface area (TPSA) is 64.3 Å². The Balaban J connectivity index is 1.53. The van der Waals surface area contributed by atoms with E-state index in [1.165, 1.54) is 12.1 Å². The second-order valence-corrected chi connectivity index (χ2v) is 5.72.